The molecule has 1 aromatic heterocycles. The van der Waals surface area contributed by atoms with Gasteiger partial charge in [0.05, 0.1) is 0 Å². The number of pyridine rings is 1. The standard InChI is InChI=1S/C17H28N2O3/c1-12(2)8-14-9-13(10-15(21)19-14)16(22)18-7-5-6-17(3,4)11-20/h9-10,12,20H,5-8,11H2,1-4H3,(H,18,22)(H,19,21). The lowest BCUT2D eigenvalue weighted by Gasteiger charge is -2.21. The van der Waals surface area contributed by atoms with Crippen molar-refractivity contribution in [3.8, 4) is 0 Å². The lowest BCUT2D eigenvalue weighted by molar-refractivity contribution is 0.0948. The molecule has 5 heteroatoms. The lowest BCUT2D eigenvalue weighted by atomic mass is 9.89. The molecule has 22 heavy (non-hydrogen) atoms. The van der Waals surface area contributed by atoms with Crippen LogP contribution >= 0.6 is 0 Å². The molecule has 0 spiro atoms. The number of carbonyl (C=O) groups is 1. The summed E-state index contributed by atoms with van der Waals surface area (Å²) in [5, 5.41) is 12.0. The van der Waals surface area contributed by atoms with Gasteiger partial charge in [-0.25, -0.2) is 0 Å². The van der Waals surface area contributed by atoms with Crippen LogP contribution in [0.1, 0.15) is 56.6 Å². The van der Waals surface area contributed by atoms with Gasteiger partial charge in [-0.05, 0) is 36.7 Å². The van der Waals surface area contributed by atoms with Gasteiger partial charge in [-0.2, -0.15) is 0 Å². The Kier molecular flexibility index (Phi) is 6.81. The monoisotopic (exact) mass is 308 g/mol. The van der Waals surface area contributed by atoms with Crippen molar-refractivity contribution < 1.29 is 9.90 Å². The second kappa shape index (κ2) is 8.13. The fourth-order valence-electron chi connectivity index (χ4n) is 2.23. The first-order valence-electron chi connectivity index (χ1n) is 7.86. The van der Waals surface area contributed by atoms with Gasteiger partial charge in [0, 0.05) is 30.5 Å². The summed E-state index contributed by atoms with van der Waals surface area (Å²) in [6, 6.07) is 3.07. The van der Waals surface area contributed by atoms with Gasteiger partial charge in [0.15, 0.2) is 0 Å². The molecule has 3 N–H and O–H groups in total. The normalized spacial score (nSPS) is 11.7. The summed E-state index contributed by atoms with van der Waals surface area (Å²) in [5.74, 6) is 0.188. The van der Waals surface area contributed by atoms with Crippen LogP contribution in [0.25, 0.3) is 0 Å². The topological polar surface area (TPSA) is 82.2 Å². The van der Waals surface area contributed by atoms with Crippen LogP contribution in [0.3, 0.4) is 0 Å². The molecule has 0 aliphatic heterocycles. The van der Waals surface area contributed by atoms with E-state index < -0.39 is 0 Å². The van der Waals surface area contributed by atoms with E-state index in [9.17, 15) is 14.7 Å². The molecule has 0 atom stereocenters. The Morgan fingerprint density at radius 3 is 2.64 bits per heavy atom. The van der Waals surface area contributed by atoms with Gasteiger partial charge < -0.3 is 15.4 Å². The number of hydrogen-bond acceptors (Lipinski definition) is 3. The van der Waals surface area contributed by atoms with Crippen molar-refractivity contribution in [2.45, 2.75) is 47.0 Å². The lowest BCUT2D eigenvalue weighted by Crippen LogP contribution is -2.27. The van der Waals surface area contributed by atoms with Crippen LogP contribution in [0.5, 0.6) is 0 Å². The summed E-state index contributed by atoms with van der Waals surface area (Å²) in [6.07, 6.45) is 2.36. The van der Waals surface area contributed by atoms with Crippen molar-refractivity contribution in [1.82, 2.24) is 10.3 Å². The van der Waals surface area contributed by atoms with Crippen LogP contribution in [0.2, 0.25) is 0 Å². The molecule has 0 bridgehead atoms. The zero-order valence-electron chi connectivity index (χ0n) is 14.0. The SMILES string of the molecule is CC(C)Cc1cc(C(=O)NCCCC(C)(C)CO)cc(=O)[nH]1. The van der Waals surface area contributed by atoms with Crippen molar-refractivity contribution in [1.29, 1.82) is 0 Å². The smallest absolute Gasteiger partial charge is 0.251 e. The average molecular weight is 308 g/mol. The van der Waals surface area contributed by atoms with Crippen molar-refractivity contribution in [2.24, 2.45) is 11.3 Å². The van der Waals surface area contributed by atoms with E-state index >= 15 is 0 Å². The van der Waals surface area contributed by atoms with Crippen molar-refractivity contribution in [3.05, 3.63) is 33.7 Å². The number of aliphatic hydroxyl groups is 1. The molecule has 0 saturated carbocycles. The second-order valence-electron chi connectivity index (χ2n) is 7.04. The minimum absolute atomic E-state index is 0.126. The molecule has 0 unspecified atom stereocenters. The van der Waals surface area contributed by atoms with Gasteiger partial charge >= 0.3 is 0 Å². The van der Waals surface area contributed by atoms with Crippen molar-refractivity contribution >= 4 is 5.91 Å². The number of aromatic nitrogens is 1. The van der Waals surface area contributed by atoms with E-state index in [4.69, 9.17) is 0 Å². The third kappa shape index (κ3) is 6.43. The van der Waals surface area contributed by atoms with E-state index in [1.54, 1.807) is 6.07 Å². The van der Waals surface area contributed by atoms with Gasteiger partial charge in [-0.3, -0.25) is 9.59 Å². The highest BCUT2D eigenvalue weighted by molar-refractivity contribution is 5.94. The summed E-state index contributed by atoms with van der Waals surface area (Å²) in [5.41, 5.74) is 0.818. The van der Waals surface area contributed by atoms with Gasteiger partial charge in [-0.1, -0.05) is 27.7 Å². The summed E-state index contributed by atoms with van der Waals surface area (Å²) in [6.45, 7) is 8.78. The number of nitrogens with one attached hydrogen (secondary N) is 2. The highest BCUT2D eigenvalue weighted by atomic mass is 16.3. The van der Waals surface area contributed by atoms with E-state index in [1.165, 1.54) is 6.07 Å². The first kappa shape index (κ1) is 18.4. The van der Waals surface area contributed by atoms with Gasteiger partial charge in [0.2, 0.25) is 5.56 Å². The molecule has 1 aromatic rings. The Hall–Kier alpha value is -1.62. The number of H-pyrrole nitrogens is 1. The number of hydrogen-bond donors (Lipinski definition) is 3. The van der Waals surface area contributed by atoms with Crippen LogP contribution < -0.4 is 10.9 Å². The molecule has 0 saturated heterocycles. The quantitative estimate of drug-likeness (QED) is 0.643. The molecule has 5 nitrogen and oxygen atoms in total. The van der Waals surface area contributed by atoms with Crippen molar-refractivity contribution in [2.75, 3.05) is 13.2 Å². The maximum absolute atomic E-state index is 12.1. The predicted octanol–water partition coefficient (Wildman–Crippen LogP) is 2.10. The Morgan fingerprint density at radius 1 is 1.36 bits per heavy atom. The van der Waals surface area contributed by atoms with Crippen LogP contribution in [0, 0.1) is 11.3 Å². The number of carbonyl (C=O) groups excluding carboxylic acids is 1. The average Bonchev–Trinajstić information content (AvgIpc) is 2.42. The minimum Gasteiger partial charge on any atom is -0.396 e. The number of rotatable bonds is 8. The molecular formula is C17H28N2O3. The van der Waals surface area contributed by atoms with Gasteiger partial charge in [-0.15, -0.1) is 0 Å². The van der Waals surface area contributed by atoms with Crippen molar-refractivity contribution in [3.63, 3.8) is 0 Å². The first-order valence-corrected chi connectivity index (χ1v) is 7.86. The van der Waals surface area contributed by atoms with E-state index in [0.29, 0.717) is 18.0 Å². The second-order valence-corrected chi connectivity index (χ2v) is 7.04. The van der Waals surface area contributed by atoms with E-state index in [2.05, 4.69) is 24.1 Å². The van der Waals surface area contributed by atoms with E-state index in [0.717, 1.165) is 25.0 Å². The maximum atomic E-state index is 12.1. The summed E-state index contributed by atoms with van der Waals surface area (Å²) in [4.78, 5) is 26.5. The van der Waals surface area contributed by atoms with Crippen LogP contribution in [0.15, 0.2) is 16.9 Å². The third-order valence-electron chi connectivity index (χ3n) is 3.53. The van der Waals surface area contributed by atoms with Crippen LogP contribution in [-0.4, -0.2) is 29.1 Å². The molecule has 0 fully saturated rings. The molecule has 1 rings (SSSR count). The first-order chi connectivity index (χ1) is 10.2. The molecule has 1 amide bonds. The Bertz CT molecular complexity index is 547. The fourth-order valence-corrected chi connectivity index (χ4v) is 2.23. The molecule has 0 aliphatic carbocycles. The number of aromatic amines is 1. The van der Waals surface area contributed by atoms with Crippen LogP contribution in [0.4, 0.5) is 0 Å². The number of aliphatic hydroxyl groups excluding tert-OH is 1. The van der Waals surface area contributed by atoms with Gasteiger partial charge in [0.25, 0.3) is 5.91 Å². The molecule has 1 heterocycles. The highest BCUT2D eigenvalue weighted by Gasteiger charge is 2.16. The molecular weight excluding hydrogens is 280 g/mol. The van der Waals surface area contributed by atoms with Crippen LogP contribution in [-0.2, 0) is 6.42 Å². The third-order valence-corrected chi connectivity index (χ3v) is 3.53. The minimum atomic E-state index is -0.246. The molecule has 0 aromatic carbocycles. The Balaban J connectivity index is 2.58. The zero-order valence-corrected chi connectivity index (χ0v) is 14.0. The number of amides is 1. The van der Waals surface area contributed by atoms with E-state index in [-0.39, 0.29) is 23.5 Å². The summed E-state index contributed by atoms with van der Waals surface area (Å²) in [7, 11) is 0. The Labute approximate surface area is 132 Å². The summed E-state index contributed by atoms with van der Waals surface area (Å²) >= 11 is 0. The zero-order chi connectivity index (χ0) is 16.8. The predicted molar refractivity (Wildman–Crippen MR) is 88.0 cm³/mol. The molecule has 0 radical (unpaired) electrons. The largest absolute Gasteiger partial charge is 0.396 e. The van der Waals surface area contributed by atoms with E-state index in [1.807, 2.05) is 13.8 Å². The maximum Gasteiger partial charge on any atom is 0.251 e. The molecule has 124 valence electrons. The molecule has 0 aliphatic rings. The Morgan fingerprint density at radius 2 is 2.05 bits per heavy atom. The summed E-state index contributed by atoms with van der Waals surface area (Å²) < 4.78 is 0. The fraction of sp³-hybridized carbons (Fsp3) is 0.647. The highest BCUT2D eigenvalue weighted by Crippen LogP contribution is 2.20. The van der Waals surface area contributed by atoms with Gasteiger partial charge in [0.1, 0.15) is 0 Å².